The van der Waals surface area contributed by atoms with E-state index in [1.807, 2.05) is 0 Å². The number of hydrogen-bond acceptors (Lipinski definition) is 8. The Morgan fingerprint density at radius 1 is 1.03 bits per heavy atom. The van der Waals surface area contributed by atoms with Gasteiger partial charge in [0.25, 0.3) is 5.91 Å². The highest BCUT2D eigenvalue weighted by molar-refractivity contribution is 7.89. The van der Waals surface area contributed by atoms with Crippen molar-refractivity contribution in [1.82, 2.24) is 9.29 Å². The van der Waals surface area contributed by atoms with Crippen LogP contribution in [0.4, 0.5) is 5.13 Å². The predicted octanol–water partition coefficient (Wildman–Crippen LogP) is 5.71. The predicted molar refractivity (Wildman–Crippen MR) is 150 cm³/mol. The molecule has 0 unspecified atom stereocenters. The standard InChI is InChI=1S/C28H31N3O6S2/c1-30(20-8-5-4-6-9-20)39(33,34)22-13-11-19(12-14-22)27(32)31(18-21-10-7-17-37-21)28-29-25-23(35-2)15-16-24(36-3)26(25)38-28/h7,10-17,20H,4-6,8-9,18H2,1-3H3. The molecule has 2 aromatic carbocycles. The fraction of sp³-hybridized carbons (Fsp3) is 0.357. The number of carbonyl (C=O) groups is 1. The van der Waals surface area contributed by atoms with Crippen molar-refractivity contribution in [3.63, 3.8) is 0 Å². The van der Waals surface area contributed by atoms with Gasteiger partial charge in [-0.3, -0.25) is 9.69 Å². The summed E-state index contributed by atoms with van der Waals surface area (Å²) < 4.78 is 45.3. The molecular weight excluding hydrogens is 538 g/mol. The lowest BCUT2D eigenvalue weighted by Crippen LogP contribution is -2.38. The Morgan fingerprint density at radius 2 is 1.72 bits per heavy atom. The Bertz CT molecular complexity index is 1500. The Labute approximate surface area is 232 Å². The molecule has 0 radical (unpaired) electrons. The Morgan fingerprint density at radius 3 is 2.36 bits per heavy atom. The van der Waals surface area contributed by atoms with Gasteiger partial charge in [-0.15, -0.1) is 0 Å². The van der Waals surface area contributed by atoms with Crippen LogP contribution in [0.5, 0.6) is 11.5 Å². The van der Waals surface area contributed by atoms with E-state index in [0.717, 1.165) is 36.8 Å². The van der Waals surface area contributed by atoms with Crippen molar-refractivity contribution in [1.29, 1.82) is 0 Å². The molecule has 1 saturated carbocycles. The van der Waals surface area contributed by atoms with E-state index in [4.69, 9.17) is 18.9 Å². The summed E-state index contributed by atoms with van der Waals surface area (Å²) in [6, 6.07) is 13.2. The van der Waals surface area contributed by atoms with E-state index in [9.17, 15) is 13.2 Å². The van der Waals surface area contributed by atoms with Gasteiger partial charge in [0.2, 0.25) is 10.0 Å². The topological polar surface area (TPSA) is 102 Å². The molecular formula is C28H31N3O6S2. The zero-order valence-electron chi connectivity index (χ0n) is 22.1. The number of benzene rings is 2. The van der Waals surface area contributed by atoms with Crippen LogP contribution in [0.3, 0.4) is 0 Å². The first kappa shape index (κ1) is 27.2. The van der Waals surface area contributed by atoms with E-state index in [1.54, 1.807) is 63.9 Å². The van der Waals surface area contributed by atoms with Crippen LogP contribution in [0.1, 0.15) is 48.2 Å². The van der Waals surface area contributed by atoms with Gasteiger partial charge >= 0.3 is 0 Å². The van der Waals surface area contributed by atoms with E-state index in [-0.39, 0.29) is 23.4 Å². The minimum absolute atomic E-state index is 0.00173. The van der Waals surface area contributed by atoms with Crippen molar-refractivity contribution in [2.24, 2.45) is 0 Å². The second-order valence-corrected chi connectivity index (χ2v) is 12.4. The number of carbonyl (C=O) groups excluding carboxylic acids is 1. The van der Waals surface area contributed by atoms with Gasteiger partial charge in [0.1, 0.15) is 27.5 Å². The van der Waals surface area contributed by atoms with E-state index in [2.05, 4.69) is 0 Å². The Hall–Kier alpha value is -3.41. The third-order valence-corrected chi connectivity index (χ3v) is 10.2. The maximum Gasteiger partial charge on any atom is 0.260 e. The first-order valence-electron chi connectivity index (χ1n) is 12.8. The van der Waals surface area contributed by atoms with Gasteiger partial charge in [-0.25, -0.2) is 13.4 Å². The van der Waals surface area contributed by atoms with Crippen LogP contribution in [0, 0.1) is 0 Å². The normalized spacial score (nSPS) is 14.6. The van der Waals surface area contributed by atoms with Crippen molar-refractivity contribution < 1.29 is 27.1 Å². The number of hydrogen-bond donors (Lipinski definition) is 0. The molecule has 0 aliphatic heterocycles. The number of nitrogens with zero attached hydrogens (tertiary/aromatic N) is 3. The van der Waals surface area contributed by atoms with E-state index in [1.165, 1.54) is 32.7 Å². The first-order valence-corrected chi connectivity index (χ1v) is 15.0. The number of rotatable bonds is 9. The van der Waals surface area contributed by atoms with Crippen LogP contribution in [0.2, 0.25) is 0 Å². The zero-order chi connectivity index (χ0) is 27.6. The van der Waals surface area contributed by atoms with Crippen molar-refractivity contribution in [2.75, 3.05) is 26.2 Å². The molecule has 9 nitrogen and oxygen atoms in total. The smallest absolute Gasteiger partial charge is 0.260 e. The quantitative estimate of drug-likeness (QED) is 0.255. The number of amides is 1. The lowest BCUT2D eigenvalue weighted by Gasteiger charge is -2.30. The minimum Gasteiger partial charge on any atom is -0.495 e. The lowest BCUT2D eigenvalue weighted by atomic mass is 9.96. The fourth-order valence-electron chi connectivity index (χ4n) is 4.91. The maximum absolute atomic E-state index is 13.8. The van der Waals surface area contributed by atoms with Crippen LogP contribution >= 0.6 is 11.3 Å². The monoisotopic (exact) mass is 569 g/mol. The molecule has 1 amide bonds. The molecule has 0 spiro atoms. The number of anilines is 1. The second kappa shape index (κ2) is 11.4. The number of aromatic nitrogens is 1. The van der Waals surface area contributed by atoms with Crippen molar-refractivity contribution in [2.45, 2.75) is 49.6 Å². The van der Waals surface area contributed by atoms with E-state index >= 15 is 0 Å². The molecule has 206 valence electrons. The second-order valence-electron chi connectivity index (χ2n) is 9.45. The van der Waals surface area contributed by atoms with Gasteiger partial charge in [-0.1, -0.05) is 30.6 Å². The Kier molecular flexibility index (Phi) is 7.92. The largest absolute Gasteiger partial charge is 0.495 e. The average molecular weight is 570 g/mol. The van der Waals surface area contributed by atoms with Crippen LogP contribution in [-0.2, 0) is 16.6 Å². The number of thiazole rings is 1. The summed E-state index contributed by atoms with van der Waals surface area (Å²) in [6.45, 7) is 0.140. The van der Waals surface area contributed by atoms with Gasteiger partial charge < -0.3 is 13.9 Å². The molecule has 1 aliphatic carbocycles. The highest BCUT2D eigenvalue weighted by atomic mass is 32.2. The SMILES string of the molecule is COc1ccc(OC)c2sc(N(Cc3ccco3)C(=O)c3ccc(S(=O)(=O)N(C)C4CCCCC4)cc3)nc12. The maximum atomic E-state index is 13.8. The summed E-state index contributed by atoms with van der Waals surface area (Å²) in [6.07, 6.45) is 6.49. The molecule has 2 aromatic heterocycles. The molecule has 0 saturated heterocycles. The third-order valence-electron chi connectivity index (χ3n) is 7.14. The molecule has 4 aromatic rings. The molecule has 5 rings (SSSR count). The van der Waals surface area contributed by atoms with Crippen LogP contribution in [0.25, 0.3) is 10.2 Å². The molecule has 39 heavy (non-hydrogen) atoms. The summed E-state index contributed by atoms with van der Waals surface area (Å²) in [7, 11) is 1.11. The summed E-state index contributed by atoms with van der Waals surface area (Å²) in [5, 5.41) is 0.433. The Balaban J connectivity index is 1.47. The third kappa shape index (κ3) is 5.39. The van der Waals surface area contributed by atoms with E-state index in [0.29, 0.717) is 33.5 Å². The molecule has 2 heterocycles. The summed E-state index contributed by atoms with van der Waals surface area (Å²) in [4.78, 5) is 20.2. The molecule has 1 aliphatic rings. The van der Waals surface area contributed by atoms with E-state index < -0.39 is 10.0 Å². The zero-order valence-corrected chi connectivity index (χ0v) is 23.8. The molecule has 0 bridgehead atoms. The molecule has 1 fully saturated rings. The fourth-order valence-corrected chi connectivity index (χ4v) is 7.39. The van der Waals surface area contributed by atoms with Gasteiger partial charge in [0.05, 0.1) is 31.9 Å². The summed E-state index contributed by atoms with van der Waals surface area (Å²) >= 11 is 1.30. The highest BCUT2D eigenvalue weighted by Crippen LogP contribution is 2.41. The van der Waals surface area contributed by atoms with Gasteiger partial charge in [-0.2, -0.15) is 4.31 Å². The number of fused-ring (bicyclic) bond motifs is 1. The summed E-state index contributed by atoms with van der Waals surface area (Å²) in [5.41, 5.74) is 0.917. The van der Waals surface area contributed by atoms with Crippen molar-refractivity contribution >= 4 is 42.6 Å². The number of furan rings is 1. The molecule has 0 atom stereocenters. The minimum atomic E-state index is -3.67. The van der Waals surface area contributed by atoms with Gasteiger partial charge in [0, 0.05) is 18.7 Å². The molecule has 0 N–H and O–H groups in total. The summed E-state index contributed by atoms with van der Waals surface area (Å²) in [5.74, 6) is 1.43. The first-order chi connectivity index (χ1) is 18.8. The van der Waals surface area contributed by atoms with Gasteiger partial charge in [-0.05, 0) is 61.4 Å². The average Bonchev–Trinajstić information content (AvgIpc) is 3.65. The van der Waals surface area contributed by atoms with Crippen molar-refractivity contribution in [3.8, 4) is 11.5 Å². The number of ether oxygens (including phenoxy) is 2. The van der Waals surface area contributed by atoms with Crippen LogP contribution in [-0.4, -0.2) is 50.9 Å². The lowest BCUT2D eigenvalue weighted by molar-refractivity contribution is 0.0983. The van der Waals surface area contributed by atoms with Crippen molar-refractivity contribution in [3.05, 3.63) is 66.1 Å². The molecule has 11 heteroatoms. The number of methoxy groups -OCH3 is 2. The van der Waals surface area contributed by atoms with Crippen LogP contribution in [0.15, 0.2) is 64.1 Å². The van der Waals surface area contributed by atoms with Gasteiger partial charge in [0.15, 0.2) is 5.13 Å². The number of sulfonamides is 1. The van der Waals surface area contributed by atoms with Crippen LogP contribution < -0.4 is 14.4 Å². The highest BCUT2D eigenvalue weighted by Gasteiger charge is 2.30.